The van der Waals surface area contributed by atoms with Crippen molar-refractivity contribution < 1.29 is 14.3 Å². The molecular weight excluding hydrogens is 392 g/mol. The number of fused-ring (bicyclic) bond motifs is 4. The molecule has 162 valence electrons. The first-order valence-electron chi connectivity index (χ1n) is 11.3. The van der Waals surface area contributed by atoms with Crippen molar-refractivity contribution in [1.29, 1.82) is 0 Å². The normalized spacial score (nSPS) is 23.0. The summed E-state index contributed by atoms with van der Waals surface area (Å²) in [4.78, 5) is 22.1. The molecule has 1 atom stereocenters. The minimum atomic E-state index is 0.0697. The Morgan fingerprint density at radius 2 is 1.97 bits per heavy atom. The number of hydrogen-bond acceptors (Lipinski definition) is 6. The molecule has 4 aliphatic heterocycles. The predicted octanol–water partition coefficient (Wildman–Crippen LogP) is 2.57. The maximum atomic E-state index is 12.8. The van der Waals surface area contributed by atoms with Gasteiger partial charge in [-0.15, -0.1) is 0 Å². The summed E-state index contributed by atoms with van der Waals surface area (Å²) in [6.45, 7) is 7.68. The SMILES string of the molecule is Cc1cc2c(nc1N1CCC(Oc3ccc4c(c3)COC4)CC1)C1CNCCN1C2=O. The van der Waals surface area contributed by atoms with Gasteiger partial charge in [-0.1, -0.05) is 6.07 Å². The molecule has 2 aromatic rings. The van der Waals surface area contributed by atoms with E-state index < -0.39 is 0 Å². The molecule has 6 rings (SSSR count). The van der Waals surface area contributed by atoms with Gasteiger partial charge in [0.25, 0.3) is 5.91 Å². The number of anilines is 1. The van der Waals surface area contributed by atoms with E-state index in [1.807, 2.05) is 11.0 Å². The lowest BCUT2D eigenvalue weighted by molar-refractivity contribution is 0.0689. The highest BCUT2D eigenvalue weighted by Crippen LogP contribution is 2.36. The van der Waals surface area contributed by atoms with Gasteiger partial charge in [0.2, 0.25) is 0 Å². The summed E-state index contributed by atoms with van der Waals surface area (Å²) in [5.41, 5.74) is 5.32. The van der Waals surface area contributed by atoms with Gasteiger partial charge in [0.05, 0.1) is 30.5 Å². The van der Waals surface area contributed by atoms with E-state index in [9.17, 15) is 4.79 Å². The van der Waals surface area contributed by atoms with E-state index in [1.165, 1.54) is 11.1 Å². The zero-order valence-electron chi connectivity index (χ0n) is 17.9. The van der Waals surface area contributed by atoms with Crippen molar-refractivity contribution in [2.24, 2.45) is 0 Å². The summed E-state index contributed by atoms with van der Waals surface area (Å²) in [6.07, 6.45) is 2.13. The van der Waals surface area contributed by atoms with Crippen molar-refractivity contribution in [2.45, 2.75) is 45.1 Å². The summed E-state index contributed by atoms with van der Waals surface area (Å²) in [5, 5.41) is 3.40. The number of piperidine rings is 1. The van der Waals surface area contributed by atoms with Crippen LogP contribution in [-0.4, -0.2) is 54.6 Å². The van der Waals surface area contributed by atoms with Crippen molar-refractivity contribution in [3.63, 3.8) is 0 Å². The standard InChI is InChI=1S/C24H28N4O3/c1-15-10-20-22(21-12-25-6-9-28(21)24(20)29)26-23(15)27-7-4-18(5-8-27)31-19-3-2-16-13-30-14-17(16)11-19/h2-3,10-11,18,21,25H,4-9,12-14H2,1H3. The zero-order chi connectivity index (χ0) is 20.9. The molecule has 1 aromatic carbocycles. The van der Waals surface area contributed by atoms with Crippen LogP contribution in [0.15, 0.2) is 24.3 Å². The number of amides is 1. The Labute approximate surface area is 182 Å². The number of nitrogens with zero attached hydrogens (tertiary/aromatic N) is 3. The molecule has 1 amide bonds. The van der Waals surface area contributed by atoms with Crippen molar-refractivity contribution in [1.82, 2.24) is 15.2 Å². The van der Waals surface area contributed by atoms with Crippen LogP contribution in [0.5, 0.6) is 5.75 Å². The lowest BCUT2D eigenvalue weighted by Gasteiger charge is -2.34. The summed E-state index contributed by atoms with van der Waals surface area (Å²) in [6, 6.07) is 8.43. The number of pyridine rings is 1. The van der Waals surface area contributed by atoms with Crippen LogP contribution in [0.2, 0.25) is 0 Å². The molecule has 4 aliphatic rings. The fraction of sp³-hybridized carbons (Fsp3) is 0.500. The third kappa shape index (κ3) is 3.27. The first-order valence-corrected chi connectivity index (χ1v) is 11.3. The van der Waals surface area contributed by atoms with Gasteiger partial charge in [0.1, 0.15) is 17.7 Å². The van der Waals surface area contributed by atoms with E-state index >= 15 is 0 Å². The molecule has 7 heteroatoms. The molecule has 1 aromatic heterocycles. The molecule has 0 saturated carbocycles. The quantitative estimate of drug-likeness (QED) is 0.823. The Hall–Kier alpha value is -2.64. The molecule has 0 spiro atoms. The fourth-order valence-electron chi connectivity index (χ4n) is 5.31. The van der Waals surface area contributed by atoms with Crippen molar-refractivity contribution in [2.75, 3.05) is 37.6 Å². The van der Waals surface area contributed by atoms with Crippen LogP contribution in [-0.2, 0) is 18.0 Å². The summed E-state index contributed by atoms with van der Waals surface area (Å²) in [7, 11) is 0. The monoisotopic (exact) mass is 420 g/mol. The van der Waals surface area contributed by atoms with E-state index in [0.717, 1.165) is 74.0 Å². The Bertz CT molecular complexity index is 1030. The van der Waals surface area contributed by atoms with Gasteiger partial charge in [-0.2, -0.15) is 0 Å². The number of piperazine rings is 1. The van der Waals surface area contributed by atoms with Gasteiger partial charge in [0, 0.05) is 45.6 Å². The highest BCUT2D eigenvalue weighted by atomic mass is 16.5. The number of rotatable bonds is 3. The minimum Gasteiger partial charge on any atom is -0.490 e. The number of hydrogen-bond donors (Lipinski definition) is 1. The molecule has 2 saturated heterocycles. The first-order chi connectivity index (χ1) is 15.2. The van der Waals surface area contributed by atoms with E-state index in [2.05, 4.69) is 35.3 Å². The van der Waals surface area contributed by atoms with Crippen molar-refractivity contribution in [3.8, 4) is 5.75 Å². The van der Waals surface area contributed by atoms with Crippen LogP contribution in [0.1, 0.15) is 51.6 Å². The summed E-state index contributed by atoms with van der Waals surface area (Å²) < 4.78 is 11.8. The Balaban J connectivity index is 1.16. The van der Waals surface area contributed by atoms with E-state index in [4.69, 9.17) is 14.5 Å². The average molecular weight is 421 g/mol. The average Bonchev–Trinajstić information content (AvgIpc) is 3.37. The molecule has 1 N–H and O–H groups in total. The minimum absolute atomic E-state index is 0.0697. The molecule has 5 heterocycles. The first kappa shape index (κ1) is 19.1. The maximum Gasteiger partial charge on any atom is 0.256 e. The van der Waals surface area contributed by atoms with Crippen molar-refractivity contribution >= 4 is 11.7 Å². The smallest absolute Gasteiger partial charge is 0.256 e. The second kappa shape index (κ2) is 7.50. The number of carbonyl (C=O) groups is 1. The molecule has 2 fully saturated rings. The number of aromatic nitrogens is 1. The van der Waals surface area contributed by atoms with Crippen molar-refractivity contribution in [3.05, 3.63) is 52.2 Å². The molecule has 0 bridgehead atoms. The van der Waals surface area contributed by atoms with Crippen LogP contribution in [0.25, 0.3) is 0 Å². The molecule has 31 heavy (non-hydrogen) atoms. The van der Waals surface area contributed by atoms with Gasteiger partial charge in [-0.3, -0.25) is 4.79 Å². The van der Waals surface area contributed by atoms with Crippen LogP contribution in [0.4, 0.5) is 5.82 Å². The highest BCUT2D eigenvalue weighted by molar-refractivity contribution is 5.99. The zero-order valence-corrected chi connectivity index (χ0v) is 17.9. The van der Waals surface area contributed by atoms with Crippen LogP contribution < -0.4 is 15.0 Å². The largest absolute Gasteiger partial charge is 0.490 e. The summed E-state index contributed by atoms with van der Waals surface area (Å²) >= 11 is 0. The topological polar surface area (TPSA) is 66.9 Å². The van der Waals surface area contributed by atoms with E-state index in [1.54, 1.807) is 0 Å². The fourth-order valence-corrected chi connectivity index (χ4v) is 5.31. The van der Waals surface area contributed by atoms with Crippen LogP contribution in [0.3, 0.4) is 0 Å². The number of aryl methyl sites for hydroxylation is 1. The lowest BCUT2D eigenvalue weighted by atomic mass is 10.0. The van der Waals surface area contributed by atoms with E-state index in [-0.39, 0.29) is 18.1 Å². The van der Waals surface area contributed by atoms with Gasteiger partial charge in [0.15, 0.2) is 0 Å². The number of benzene rings is 1. The summed E-state index contributed by atoms with van der Waals surface area (Å²) in [5.74, 6) is 2.10. The second-order valence-corrected chi connectivity index (χ2v) is 9.01. The molecule has 0 aliphatic carbocycles. The van der Waals surface area contributed by atoms with Crippen LogP contribution >= 0.6 is 0 Å². The molecule has 1 unspecified atom stereocenters. The predicted molar refractivity (Wildman–Crippen MR) is 116 cm³/mol. The van der Waals surface area contributed by atoms with Crippen LogP contribution in [0, 0.1) is 6.92 Å². The van der Waals surface area contributed by atoms with Gasteiger partial charge in [-0.05, 0) is 41.8 Å². The molecule has 7 nitrogen and oxygen atoms in total. The third-order valence-corrected chi connectivity index (χ3v) is 7.00. The molecule has 0 radical (unpaired) electrons. The Morgan fingerprint density at radius 3 is 2.84 bits per heavy atom. The Kier molecular flexibility index (Phi) is 4.61. The lowest BCUT2D eigenvalue weighted by Crippen LogP contribution is -2.45. The Morgan fingerprint density at radius 1 is 1.13 bits per heavy atom. The van der Waals surface area contributed by atoms with Gasteiger partial charge in [-0.25, -0.2) is 4.98 Å². The van der Waals surface area contributed by atoms with Gasteiger partial charge < -0.3 is 24.6 Å². The highest BCUT2D eigenvalue weighted by Gasteiger charge is 2.40. The van der Waals surface area contributed by atoms with E-state index in [0.29, 0.717) is 13.2 Å². The number of nitrogens with one attached hydrogen (secondary N) is 1. The number of carbonyl (C=O) groups excluding carboxylic acids is 1. The second-order valence-electron chi connectivity index (χ2n) is 9.01. The molecular formula is C24H28N4O3. The third-order valence-electron chi connectivity index (χ3n) is 7.00. The van der Waals surface area contributed by atoms with Gasteiger partial charge >= 0.3 is 0 Å². The maximum absolute atomic E-state index is 12.8. The number of ether oxygens (including phenoxy) is 2.